The van der Waals surface area contributed by atoms with E-state index in [1.54, 1.807) is 0 Å². The Morgan fingerprint density at radius 1 is 0.848 bits per heavy atom. The maximum Gasteiger partial charge on any atom is 0.231 e. The van der Waals surface area contributed by atoms with Gasteiger partial charge >= 0.3 is 0 Å². The van der Waals surface area contributed by atoms with Crippen molar-refractivity contribution in [2.75, 3.05) is 6.73 Å². The van der Waals surface area contributed by atoms with Crippen molar-refractivity contribution in [2.24, 2.45) is 0 Å². The van der Waals surface area contributed by atoms with Crippen molar-refractivity contribution in [1.82, 2.24) is 4.90 Å². The quantitative estimate of drug-likeness (QED) is 0.441. The van der Waals surface area contributed by atoms with E-state index in [1.165, 1.54) is 37.7 Å². The molecule has 0 radical (unpaired) electrons. The summed E-state index contributed by atoms with van der Waals surface area (Å²) in [6, 6.07) is 22.8. The highest BCUT2D eigenvalue weighted by Crippen LogP contribution is 2.43. The van der Waals surface area contributed by atoms with Crippen LogP contribution in [0.15, 0.2) is 72.5 Å². The molecule has 4 nitrogen and oxygen atoms in total. The number of rotatable bonds is 3. The molecule has 0 atom stereocenters. The van der Waals surface area contributed by atoms with Crippen LogP contribution in [0.25, 0.3) is 17.2 Å². The molecule has 33 heavy (non-hydrogen) atoms. The first-order valence-electron chi connectivity index (χ1n) is 11.9. The standard InChI is InChI=1S/C29H27NO3/c31-28-24-15-16-26-25(18-30(19-32-26)23-9-5-2-6-10-23)29(24)33-27(28)17-20-11-13-22(14-12-20)21-7-3-1-4-8-21/h1,3-4,7-8,11-17,23H,2,5-6,9-10,18-19H2. The number of allylic oxidation sites excluding steroid dienone is 1. The maximum atomic E-state index is 13.1. The van der Waals surface area contributed by atoms with Gasteiger partial charge in [0.15, 0.2) is 5.76 Å². The summed E-state index contributed by atoms with van der Waals surface area (Å²) < 4.78 is 12.3. The van der Waals surface area contributed by atoms with Crippen LogP contribution < -0.4 is 9.47 Å². The van der Waals surface area contributed by atoms with Crippen molar-refractivity contribution >= 4 is 11.9 Å². The highest BCUT2D eigenvalue weighted by Gasteiger charge is 2.35. The van der Waals surface area contributed by atoms with Crippen LogP contribution >= 0.6 is 0 Å². The van der Waals surface area contributed by atoms with E-state index in [0.29, 0.717) is 29.8 Å². The molecule has 166 valence electrons. The van der Waals surface area contributed by atoms with E-state index in [0.717, 1.165) is 29.0 Å². The molecule has 4 heteroatoms. The number of hydrogen-bond acceptors (Lipinski definition) is 4. The Hall–Kier alpha value is -3.37. The zero-order valence-electron chi connectivity index (χ0n) is 18.6. The van der Waals surface area contributed by atoms with E-state index >= 15 is 0 Å². The van der Waals surface area contributed by atoms with Gasteiger partial charge in [0.1, 0.15) is 18.2 Å². The average Bonchev–Trinajstić information content (AvgIpc) is 3.20. The zero-order chi connectivity index (χ0) is 22.2. The number of hydrogen-bond donors (Lipinski definition) is 0. The van der Waals surface area contributed by atoms with Gasteiger partial charge in [0.05, 0.1) is 11.1 Å². The van der Waals surface area contributed by atoms with Gasteiger partial charge in [0.25, 0.3) is 0 Å². The van der Waals surface area contributed by atoms with Gasteiger partial charge < -0.3 is 9.47 Å². The third-order valence-electron chi connectivity index (χ3n) is 7.05. The van der Waals surface area contributed by atoms with Gasteiger partial charge in [0.2, 0.25) is 5.78 Å². The SMILES string of the molecule is O=C1C(=Cc2ccc(-c3ccccc3)cc2)Oc2c1ccc1c2CN(C2CCCCC2)CO1. The molecule has 2 aliphatic heterocycles. The second-order valence-corrected chi connectivity index (χ2v) is 9.16. The minimum atomic E-state index is -0.0604. The van der Waals surface area contributed by atoms with Crippen LogP contribution in [0.2, 0.25) is 0 Å². The summed E-state index contributed by atoms with van der Waals surface area (Å²) in [5.74, 6) is 1.82. The van der Waals surface area contributed by atoms with Crippen LogP contribution in [-0.2, 0) is 6.54 Å². The van der Waals surface area contributed by atoms with Crippen molar-refractivity contribution in [2.45, 2.75) is 44.7 Å². The molecule has 0 N–H and O–H groups in total. The van der Waals surface area contributed by atoms with Crippen LogP contribution in [0, 0.1) is 0 Å². The number of carbonyl (C=O) groups is 1. The van der Waals surface area contributed by atoms with Gasteiger partial charge in [-0.25, -0.2) is 0 Å². The average molecular weight is 438 g/mol. The number of nitrogens with zero attached hydrogens (tertiary/aromatic N) is 1. The van der Waals surface area contributed by atoms with Crippen molar-refractivity contribution in [3.05, 3.63) is 89.2 Å². The smallest absolute Gasteiger partial charge is 0.231 e. The molecule has 0 bridgehead atoms. The van der Waals surface area contributed by atoms with Crippen molar-refractivity contribution < 1.29 is 14.3 Å². The minimum Gasteiger partial charge on any atom is -0.478 e. The van der Waals surface area contributed by atoms with Crippen LogP contribution in [0.4, 0.5) is 0 Å². The van der Waals surface area contributed by atoms with E-state index in [1.807, 2.05) is 48.5 Å². The summed E-state index contributed by atoms with van der Waals surface area (Å²) >= 11 is 0. The third kappa shape index (κ3) is 3.85. The molecule has 0 unspecified atom stereocenters. The zero-order valence-corrected chi connectivity index (χ0v) is 18.6. The van der Waals surface area contributed by atoms with E-state index in [2.05, 4.69) is 29.2 Å². The van der Waals surface area contributed by atoms with E-state index in [4.69, 9.17) is 9.47 Å². The number of benzene rings is 3. The molecule has 3 aromatic rings. The molecule has 0 aromatic heterocycles. The molecule has 0 saturated heterocycles. The van der Waals surface area contributed by atoms with Gasteiger partial charge in [-0.3, -0.25) is 9.69 Å². The van der Waals surface area contributed by atoms with Gasteiger partial charge in [-0.2, -0.15) is 0 Å². The molecule has 1 fully saturated rings. The van der Waals surface area contributed by atoms with E-state index < -0.39 is 0 Å². The van der Waals surface area contributed by atoms with Crippen LogP contribution in [0.3, 0.4) is 0 Å². The second kappa shape index (κ2) is 8.53. The van der Waals surface area contributed by atoms with Gasteiger partial charge in [-0.1, -0.05) is 73.9 Å². The van der Waals surface area contributed by atoms with Crippen LogP contribution in [0.5, 0.6) is 11.5 Å². The molecular weight excluding hydrogens is 410 g/mol. The summed E-state index contributed by atoms with van der Waals surface area (Å²) in [4.78, 5) is 15.5. The molecule has 1 aliphatic carbocycles. The van der Waals surface area contributed by atoms with Crippen LogP contribution in [0.1, 0.15) is 53.6 Å². The maximum absolute atomic E-state index is 13.1. The molecule has 6 rings (SSSR count). The first-order valence-corrected chi connectivity index (χ1v) is 11.9. The Balaban J connectivity index is 1.25. The number of carbonyl (C=O) groups excluding carboxylic acids is 1. The molecular formula is C29H27NO3. The second-order valence-electron chi connectivity index (χ2n) is 9.16. The predicted octanol–water partition coefficient (Wildman–Crippen LogP) is 6.45. The Labute approximate surface area is 194 Å². The molecule has 0 amide bonds. The first-order chi connectivity index (χ1) is 16.3. The highest BCUT2D eigenvalue weighted by atomic mass is 16.5. The van der Waals surface area contributed by atoms with Gasteiger partial charge in [-0.05, 0) is 47.7 Å². The normalized spacial score (nSPS) is 19.6. The fraction of sp³-hybridized carbons (Fsp3) is 0.276. The Morgan fingerprint density at radius 3 is 2.39 bits per heavy atom. The Morgan fingerprint density at radius 2 is 1.61 bits per heavy atom. The molecule has 0 spiro atoms. The fourth-order valence-electron chi connectivity index (χ4n) is 5.21. The van der Waals surface area contributed by atoms with Gasteiger partial charge in [-0.15, -0.1) is 0 Å². The summed E-state index contributed by atoms with van der Waals surface area (Å²) in [6.45, 7) is 1.39. The minimum absolute atomic E-state index is 0.0604. The van der Waals surface area contributed by atoms with E-state index in [-0.39, 0.29) is 5.78 Å². The summed E-state index contributed by atoms with van der Waals surface area (Å²) in [7, 11) is 0. The Kier molecular flexibility index (Phi) is 5.23. The number of fused-ring (bicyclic) bond motifs is 3. The largest absolute Gasteiger partial charge is 0.478 e. The van der Waals surface area contributed by atoms with Crippen molar-refractivity contribution in [3.63, 3.8) is 0 Å². The molecule has 3 aromatic carbocycles. The number of Topliss-reactive ketones (excluding diaryl/α,β-unsaturated/α-hetero) is 1. The number of ketones is 1. The summed E-state index contributed by atoms with van der Waals surface area (Å²) in [5, 5.41) is 0. The number of ether oxygens (including phenoxy) is 2. The van der Waals surface area contributed by atoms with Crippen LogP contribution in [-0.4, -0.2) is 23.5 Å². The van der Waals surface area contributed by atoms with E-state index in [9.17, 15) is 4.79 Å². The molecule has 3 aliphatic rings. The Bertz CT molecular complexity index is 1210. The summed E-state index contributed by atoms with van der Waals surface area (Å²) in [5.41, 5.74) is 4.90. The lowest BCUT2D eigenvalue weighted by atomic mass is 9.93. The lowest BCUT2D eigenvalue weighted by Gasteiger charge is -2.37. The lowest BCUT2D eigenvalue weighted by Crippen LogP contribution is -2.41. The monoisotopic (exact) mass is 437 g/mol. The fourth-order valence-corrected chi connectivity index (χ4v) is 5.21. The predicted molar refractivity (Wildman–Crippen MR) is 129 cm³/mol. The lowest BCUT2D eigenvalue weighted by molar-refractivity contribution is 0.0394. The van der Waals surface area contributed by atoms with Crippen molar-refractivity contribution in [3.8, 4) is 22.6 Å². The van der Waals surface area contributed by atoms with Crippen molar-refractivity contribution in [1.29, 1.82) is 0 Å². The summed E-state index contributed by atoms with van der Waals surface area (Å²) in [6.07, 6.45) is 8.17. The third-order valence-corrected chi connectivity index (χ3v) is 7.05. The van der Waals surface area contributed by atoms with Gasteiger partial charge in [0, 0.05) is 12.6 Å². The first kappa shape index (κ1) is 20.3. The highest BCUT2D eigenvalue weighted by molar-refractivity contribution is 6.15. The molecule has 2 heterocycles. The topological polar surface area (TPSA) is 38.8 Å². The molecule has 1 saturated carbocycles.